The Balaban J connectivity index is 1.74. The van der Waals surface area contributed by atoms with E-state index in [1.165, 1.54) is 0 Å². The highest BCUT2D eigenvalue weighted by Gasteiger charge is 2.01. The number of carbonyl (C=O) groups is 1. The molecule has 0 fully saturated rings. The quantitative estimate of drug-likeness (QED) is 0.908. The molecular formula is C15H16N2OS. The Morgan fingerprint density at radius 2 is 2.16 bits per heavy atom. The van der Waals surface area contributed by atoms with Crippen LogP contribution in [-0.2, 0) is 11.3 Å². The standard InChI is InChI=1S/C15H16N2OS/c1-12-11-19-15(17-12)10-16-14(18)9-5-8-13-6-3-2-4-7-13/h2-8,11H,9-10H2,1H3,(H,16,18). The van der Waals surface area contributed by atoms with Gasteiger partial charge in [0.25, 0.3) is 0 Å². The van der Waals surface area contributed by atoms with Crippen LogP contribution in [0.15, 0.2) is 41.8 Å². The van der Waals surface area contributed by atoms with Crippen molar-refractivity contribution in [2.24, 2.45) is 0 Å². The molecule has 0 unspecified atom stereocenters. The van der Waals surface area contributed by atoms with Crippen LogP contribution in [0.2, 0.25) is 0 Å². The molecule has 0 saturated heterocycles. The smallest absolute Gasteiger partial charge is 0.224 e. The molecule has 0 aliphatic carbocycles. The minimum Gasteiger partial charge on any atom is -0.349 e. The maximum atomic E-state index is 11.6. The first-order valence-corrected chi connectivity index (χ1v) is 7.01. The number of carbonyl (C=O) groups excluding carboxylic acids is 1. The van der Waals surface area contributed by atoms with Crippen molar-refractivity contribution in [3.8, 4) is 0 Å². The fourth-order valence-electron chi connectivity index (χ4n) is 1.60. The van der Waals surface area contributed by atoms with Gasteiger partial charge >= 0.3 is 0 Å². The third kappa shape index (κ3) is 4.67. The van der Waals surface area contributed by atoms with Crippen LogP contribution in [0.5, 0.6) is 0 Å². The first-order chi connectivity index (χ1) is 9.24. The Morgan fingerprint density at radius 3 is 2.84 bits per heavy atom. The van der Waals surface area contributed by atoms with Gasteiger partial charge < -0.3 is 5.32 Å². The van der Waals surface area contributed by atoms with Gasteiger partial charge in [0, 0.05) is 17.5 Å². The first kappa shape index (κ1) is 13.5. The highest BCUT2D eigenvalue weighted by molar-refractivity contribution is 7.09. The number of thiazole rings is 1. The summed E-state index contributed by atoms with van der Waals surface area (Å²) in [4.78, 5) is 15.9. The number of hydrogen-bond acceptors (Lipinski definition) is 3. The van der Waals surface area contributed by atoms with Crippen LogP contribution >= 0.6 is 11.3 Å². The number of aryl methyl sites for hydroxylation is 1. The second kappa shape index (κ2) is 6.85. The van der Waals surface area contributed by atoms with Gasteiger partial charge in [-0.2, -0.15) is 0 Å². The molecule has 0 saturated carbocycles. The van der Waals surface area contributed by atoms with E-state index >= 15 is 0 Å². The normalized spacial score (nSPS) is 10.8. The second-order valence-corrected chi connectivity index (χ2v) is 5.12. The van der Waals surface area contributed by atoms with E-state index in [0.29, 0.717) is 13.0 Å². The molecule has 0 aliphatic heterocycles. The molecule has 0 bridgehead atoms. The maximum absolute atomic E-state index is 11.6. The molecule has 3 nitrogen and oxygen atoms in total. The van der Waals surface area contributed by atoms with E-state index < -0.39 is 0 Å². The van der Waals surface area contributed by atoms with Gasteiger partial charge in [-0.25, -0.2) is 4.98 Å². The molecule has 0 atom stereocenters. The zero-order valence-electron chi connectivity index (χ0n) is 10.8. The molecule has 4 heteroatoms. The number of amides is 1. The molecule has 1 aromatic heterocycles. The lowest BCUT2D eigenvalue weighted by molar-refractivity contribution is -0.120. The minimum atomic E-state index is 0.0139. The maximum Gasteiger partial charge on any atom is 0.224 e. The molecule has 2 aromatic rings. The summed E-state index contributed by atoms with van der Waals surface area (Å²) >= 11 is 1.57. The van der Waals surface area contributed by atoms with Gasteiger partial charge in [0.1, 0.15) is 5.01 Å². The summed E-state index contributed by atoms with van der Waals surface area (Å²) in [6, 6.07) is 9.94. The van der Waals surface area contributed by atoms with E-state index in [0.717, 1.165) is 16.3 Å². The Kier molecular flexibility index (Phi) is 4.86. The third-order valence-corrected chi connectivity index (χ3v) is 3.48. The van der Waals surface area contributed by atoms with Crippen molar-refractivity contribution in [2.75, 3.05) is 0 Å². The summed E-state index contributed by atoms with van der Waals surface area (Å²) < 4.78 is 0. The summed E-state index contributed by atoms with van der Waals surface area (Å²) in [5.41, 5.74) is 2.10. The van der Waals surface area contributed by atoms with E-state index in [2.05, 4.69) is 10.3 Å². The lowest BCUT2D eigenvalue weighted by Gasteiger charge is -1.99. The molecular weight excluding hydrogens is 256 g/mol. The molecule has 1 amide bonds. The van der Waals surface area contributed by atoms with E-state index in [1.54, 1.807) is 11.3 Å². The van der Waals surface area contributed by atoms with Gasteiger partial charge in [-0.3, -0.25) is 4.79 Å². The average molecular weight is 272 g/mol. The first-order valence-electron chi connectivity index (χ1n) is 6.13. The number of benzene rings is 1. The van der Waals surface area contributed by atoms with E-state index in [4.69, 9.17) is 0 Å². The summed E-state index contributed by atoms with van der Waals surface area (Å²) in [7, 11) is 0. The Labute approximate surface area is 117 Å². The predicted molar refractivity (Wildman–Crippen MR) is 78.8 cm³/mol. The molecule has 19 heavy (non-hydrogen) atoms. The van der Waals surface area contributed by atoms with Gasteiger partial charge in [0.2, 0.25) is 5.91 Å². The molecule has 98 valence electrons. The van der Waals surface area contributed by atoms with Crippen molar-refractivity contribution in [3.63, 3.8) is 0 Å². The molecule has 0 radical (unpaired) electrons. The van der Waals surface area contributed by atoms with Crippen molar-refractivity contribution < 1.29 is 4.79 Å². The van der Waals surface area contributed by atoms with E-state index in [9.17, 15) is 4.79 Å². The van der Waals surface area contributed by atoms with Crippen LogP contribution in [-0.4, -0.2) is 10.9 Å². The van der Waals surface area contributed by atoms with E-state index in [1.807, 2.05) is 54.8 Å². The molecule has 1 aromatic carbocycles. The summed E-state index contributed by atoms with van der Waals surface area (Å²) in [6.45, 7) is 2.46. The minimum absolute atomic E-state index is 0.0139. The van der Waals surface area contributed by atoms with E-state index in [-0.39, 0.29) is 5.91 Å². The largest absolute Gasteiger partial charge is 0.349 e. The SMILES string of the molecule is Cc1csc(CNC(=O)CC=Cc2ccccc2)n1. The Morgan fingerprint density at radius 1 is 1.37 bits per heavy atom. The van der Waals surface area contributed by atoms with Crippen molar-refractivity contribution >= 4 is 23.3 Å². The molecule has 1 N–H and O–H groups in total. The van der Waals surface area contributed by atoms with Crippen LogP contribution in [0.25, 0.3) is 6.08 Å². The molecule has 1 heterocycles. The molecule has 0 spiro atoms. The highest BCUT2D eigenvalue weighted by atomic mass is 32.1. The second-order valence-electron chi connectivity index (χ2n) is 4.18. The van der Waals surface area contributed by atoms with Gasteiger partial charge in [-0.15, -0.1) is 11.3 Å². The van der Waals surface area contributed by atoms with Crippen molar-refractivity contribution in [1.82, 2.24) is 10.3 Å². The van der Waals surface area contributed by atoms with Crippen LogP contribution in [0, 0.1) is 6.92 Å². The third-order valence-electron chi connectivity index (χ3n) is 2.52. The van der Waals surface area contributed by atoms with Crippen LogP contribution in [0.1, 0.15) is 22.7 Å². The van der Waals surface area contributed by atoms with Crippen molar-refractivity contribution in [2.45, 2.75) is 19.9 Å². The van der Waals surface area contributed by atoms with Crippen LogP contribution < -0.4 is 5.32 Å². The number of nitrogens with zero attached hydrogens (tertiary/aromatic N) is 1. The zero-order valence-corrected chi connectivity index (χ0v) is 11.6. The predicted octanol–water partition coefficient (Wildman–Crippen LogP) is 3.17. The Bertz CT molecular complexity index is 561. The van der Waals surface area contributed by atoms with Gasteiger partial charge in [0.05, 0.1) is 6.54 Å². The summed E-state index contributed by atoms with van der Waals surface area (Å²) in [5, 5.41) is 5.78. The molecule has 0 aliphatic rings. The average Bonchev–Trinajstić information content (AvgIpc) is 2.83. The molecule has 2 rings (SSSR count). The van der Waals surface area contributed by atoms with Crippen molar-refractivity contribution in [1.29, 1.82) is 0 Å². The lowest BCUT2D eigenvalue weighted by atomic mass is 10.2. The number of nitrogens with one attached hydrogen (secondary N) is 1. The highest BCUT2D eigenvalue weighted by Crippen LogP contribution is 2.08. The zero-order chi connectivity index (χ0) is 13.5. The lowest BCUT2D eigenvalue weighted by Crippen LogP contribution is -2.21. The van der Waals surface area contributed by atoms with Gasteiger partial charge in [0.15, 0.2) is 0 Å². The summed E-state index contributed by atoms with van der Waals surface area (Å²) in [6.07, 6.45) is 4.21. The van der Waals surface area contributed by atoms with Crippen molar-refractivity contribution in [3.05, 3.63) is 58.1 Å². The van der Waals surface area contributed by atoms with Gasteiger partial charge in [-0.1, -0.05) is 42.5 Å². The fourth-order valence-corrected chi connectivity index (χ4v) is 2.31. The fraction of sp³-hybridized carbons (Fsp3) is 0.200. The van der Waals surface area contributed by atoms with Crippen LogP contribution in [0.4, 0.5) is 0 Å². The number of aromatic nitrogens is 1. The summed E-state index contributed by atoms with van der Waals surface area (Å²) in [5.74, 6) is 0.0139. The Hall–Kier alpha value is -1.94. The topological polar surface area (TPSA) is 42.0 Å². The van der Waals surface area contributed by atoms with Gasteiger partial charge in [-0.05, 0) is 12.5 Å². The van der Waals surface area contributed by atoms with Crippen LogP contribution in [0.3, 0.4) is 0 Å². The monoisotopic (exact) mass is 272 g/mol. The number of rotatable bonds is 5. The number of hydrogen-bond donors (Lipinski definition) is 1.